The summed E-state index contributed by atoms with van der Waals surface area (Å²) in [7, 11) is -15.9. The fourth-order valence-electron chi connectivity index (χ4n) is 3.33. The average Bonchev–Trinajstić information content (AvgIpc) is 2.83. The maximum absolute atomic E-state index is 14.0. The quantitative estimate of drug-likeness (QED) is 0.197. The monoisotopic (exact) mass is 597 g/mol. The maximum Gasteiger partial charge on any atom is 0.399 e. The predicted molar refractivity (Wildman–Crippen MR) is 128 cm³/mol. The lowest BCUT2D eigenvalue weighted by Crippen LogP contribution is -2.30. The molecule has 3 rings (SSSR count). The molecule has 0 aliphatic carbocycles. The van der Waals surface area contributed by atoms with E-state index in [1.165, 1.54) is 24.3 Å². The smallest absolute Gasteiger partial charge is 0.320 e. The van der Waals surface area contributed by atoms with E-state index in [0.717, 1.165) is 52.8 Å². The molecule has 0 aliphatic rings. The van der Waals surface area contributed by atoms with Crippen LogP contribution < -0.4 is 0 Å². The molecule has 0 fully saturated rings. The summed E-state index contributed by atoms with van der Waals surface area (Å²) in [6.07, 6.45) is 0. The second kappa shape index (κ2) is 10.6. The van der Waals surface area contributed by atoms with Gasteiger partial charge in [-0.1, -0.05) is 66.7 Å². The Kier molecular flexibility index (Phi) is 8.43. The Hall–Kier alpha value is -2.41. The van der Waals surface area contributed by atoms with E-state index in [4.69, 9.17) is 19.6 Å². The Bertz CT molecular complexity index is 1400. The summed E-state index contributed by atoms with van der Waals surface area (Å²) in [5.74, 6) is 0. The van der Waals surface area contributed by atoms with Crippen LogP contribution in [0.5, 0.6) is 0 Å². The van der Waals surface area contributed by atoms with Gasteiger partial charge in [0.1, 0.15) is 0 Å². The summed E-state index contributed by atoms with van der Waals surface area (Å²) < 4.78 is 106. The Morgan fingerprint density at radius 3 is 1.29 bits per heavy atom. The van der Waals surface area contributed by atoms with Crippen molar-refractivity contribution in [2.24, 2.45) is 0 Å². The summed E-state index contributed by atoms with van der Waals surface area (Å²) in [6.45, 7) is -0.807. The van der Waals surface area contributed by atoms with Gasteiger partial charge in [-0.25, -0.2) is 8.42 Å². The summed E-state index contributed by atoms with van der Waals surface area (Å²) in [5, 5.41) is 0. The van der Waals surface area contributed by atoms with Gasteiger partial charge in [0.05, 0.1) is 4.90 Å². The molecule has 0 radical (unpaired) electrons. The van der Waals surface area contributed by atoms with Crippen LogP contribution in [0, 0.1) is 0 Å². The molecule has 0 aromatic heterocycles. The van der Waals surface area contributed by atoms with Gasteiger partial charge in [-0.2, -0.15) is 21.9 Å². The molecule has 0 saturated heterocycles. The molecule has 0 saturated carbocycles. The van der Waals surface area contributed by atoms with Crippen LogP contribution in [0.3, 0.4) is 0 Å². The Morgan fingerprint density at radius 2 is 0.974 bits per heavy atom. The van der Waals surface area contributed by atoms with Gasteiger partial charge in [0, 0.05) is 24.2 Å². The average molecular weight is 597 g/mol. The van der Waals surface area contributed by atoms with Crippen LogP contribution >= 0.6 is 15.2 Å². The number of nitrogens with zero attached hydrogens (tertiary/aromatic N) is 1. The lowest BCUT2D eigenvalue weighted by Gasteiger charge is -2.24. The van der Waals surface area contributed by atoms with Crippen molar-refractivity contribution in [3.05, 3.63) is 101 Å². The molecule has 0 aliphatic heterocycles. The SMILES string of the molecule is O=P(O)(O)C(F)(F)c1ccc(CN(Cc2ccc(C(F)(F)P(=O)(O)O)cc2)S(=O)(=O)c2ccccc2)cc1. The van der Waals surface area contributed by atoms with E-state index in [-0.39, 0.29) is 16.0 Å². The molecular weight excluding hydrogens is 576 g/mol. The largest absolute Gasteiger partial charge is 0.399 e. The van der Waals surface area contributed by atoms with Gasteiger partial charge in [-0.15, -0.1) is 0 Å². The van der Waals surface area contributed by atoms with Crippen LogP contribution in [0.4, 0.5) is 17.6 Å². The molecule has 0 atom stereocenters. The minimum Gasteiger partial charge on any atom is -0.320 e. The summed E-state index contributed by atoms with van der Waals surface area (Å²) in [6, 6.07) is 14.4. The van der Waals surface area contributed by atoms with Crippen molar-refractivity contribution in [2.45, 2.75) is 29.3 Å². The van der Waals surface area contributed by atoms with E-state index in [9.17, 15) is 35.1 Å². The lowest BCUT2D eigenvalue weighted by atomic mass is 10.1. The van der Waals surface area contributed by atoms with Crippen LogP contribution in [-0.2, 0) is 43.6 Å². The topological polar surface area (TPSA) is 152 Å². The van der Waals surface area contributed by atoms with Crippen molar-refractivity contribution in [3.63, 3.8) is 0 Å². The molecule has 4 N–H and O–H groups in total. The van der Waals surface area contributed by atoms with Crippen molar-refractivity contribution < 1.29 is 54.7 Å². The number of hydrogen-bond donors (Lipinski definition) is 4. The minimum atomic E-state index is -5.81. The minimum absolute atomic E-state index is 0.130. The Balaban J connectivity index is 1.96. The van der Waals surface area contributed by atoms with E-state index in [2.05, 4.69) is 0 Å². The van der Waals surface area contributed by atoms with Crippen molar-refractivity contribution in [1.82, 2.24) is 4.31 Å². The van der Waals surface area contributed by atoms with Crippen LogP contribution in [0.2, 0.25) is 0 Å². The zero-order valence-electron chi connectivity index (χ0n) is 19.1. The summed E-state index contributed by atoms with van der Waals surface area (Å²) in [4.78, 5) is 35.5. The summed E-state index contributed by atoms with van der Waals surface area (Å²) in [5.41, 5.74) is -10.5. The van der Waals surface area contributed by atoms with Crippen molar-refractivity contribution in [2.75, 3.05) is 0 Å². The molecule has 0 amide bonds. The van der Waals surface area contributed by atoms with E-state index in [1.54, 1.807) is 6.07 Å². The zero-order valence-corrected chi connectivity index (χ0v) is 21.7. The highest BCUT2D eigenvalue weighted by molar-refractivity contribution is 7.89. The number of hydrogen-bond acceptors (Lipinski definition) is 4. The standard InChI is InChI=1S/C22H21F4NO8P2S/c23-21(24,36(28,29)30)18-10-6-16(7-11-18)14-27(38(34,35)20-4-2-1-3-5-20)15-17-8-12-19(13-9-17)22(25,26)37(31,32)33/h1-13H,14-15H2,(H2,28,29,30)(H2,31,32,33). The number of benzene rings is 3. The van der Waals surface area contributed by atoms with Crippen molar-refractivity contribution in [1.29, 1.82) is 0 Å². The molecule has 38 heavy (non-hydrogen) atoms. The summed E-state index contributed by atoms with van der Waals surface area (Å²) >= 11 is 0. The molecule has 0 spiro atoms. The van der Waals surface area contributed by atoms with E-state index in [0.29, 0.717) is 0 Å². The fraction of sp³-hybridized carbons (Fsp3) is 0.182. The van der Waals surface area contributed by atoms with Gasteiger partial charge in [0.15, 0.2) is 0 Å². The second-order valence-electron chi connectivity index (χ2n) is 8.15. The third kappa shape index (κ3) is 6.24. The normalized spacial score (nSPS) is 13.6. The first-order chi connectivity index (χ1) is 17.4. The van der Waals surface area contributed by atoms with E-state index >= 15 is 0 Å². The first kappa shape index (κ1) is 30.1. The van der Waals surface area contributed by atoms with Gasteiger partial charge < -0.3 is 19.6 Å². The van der Waals surface area contributed by atoms with Crippen LogP contribution in [-0.4, -0.2) is 32.3 Å². The Labute approximate surface area is 214 Å². The number of sulfonamides is 1. The molecule has 9 nitrogen and oxygen atoms in total. The van der Waals surface area contributed by atoms with Gasteiger partial charge in [-0.05, 0) is 23.3 Å². The van der Waals surface area contributed by atoms with E-state index < -0.39 is 60.8 Å². The highest BCUT2D eigenvalue weighted by atomic mass is 32.2. The molecule has 3 aromatic rings. The van der Waals surface area contributed by atoms with Crippen molar-refractivity contribution in [3.8, 4) is 0 Å². The van der Waals surface area contributed by atoms with Crippen LogP contribution in [0.25, 0.3) is 0 Å². The molecule has 0 heterocycles. The third-order valence-electron chi connectivity index (χ3n) is 5.43. The molecule has 3 aromatic carbocycles. The number of rotatable bonds is 10. The molecular formula is C22H21F4NO8P2S. The third-order valence-corrected chi connectivity index (χ3v) is 9.22. The predicted octanol–water partition coefficient (Wildman–Crippen LogP) is 4.53. The highest BCUT2D eigenvalue weighted by Crippen LogP contribution is 2.60. The van der Waals surface area contributed by atoms with Crippen LogP contribution in [0.1, 0.15) is 22.3 Å². The Morgan fingerprint density at radius 1 is 0.632 bits per heavy atom. The molecule has 0 unspecified atom stereocenters. The molecule has 16 heteroatoms. The van der Waals surface area contributed by atoms with Gasteiger partial charge >= 0.3 is 26.5 Å². The van der Waals surface area contributed by atoms with Crippen LogP contribution in [0.15, 0.2) is 83.8 Å². The van der Waals surface area contributed by atoms with Crippen molar-refractivity contribution >= 4 is 25.2 Å². The molecule has 0 bridgehead atoms. The first-order valence-electron chi connectivity index (χ1n) is 10.5. The highest BCUT2D eigenvalue weighted by Gasteiger charge is 2.51. The maximum atomic E-state index is 14.0. The number of halogens is 4. The number of alkyl halides is 4. The zero-order chi connectivity index (χ0) is 28.6. The van der Waals surface area contributed by atoms with E-state index in [1.807, 2.05) is 0 Å². The van der Waals surface area contributed by atoms with Gasteiger partial charge in [0.25, 0.3) is 0 Å². The van der Waals surface area contributed by atoms with Gasteiger partial charge in [-0.3, -0.25) is 9.13 Å². The molecule has 206 valence electrons. The van der Waals surface area contributed by atoms with Gasteiger partial charge in [0.2, 0.25) is 10.0 Å². The second-order valence-corrected chi connectivity index (χ2v) is 13.4. The first-order valence-corrected chi connectivity index (χ1v) is 15.1. The lowest BCUT2D eigenvalue weighted by molar-refractivity contribution is 0.0564. The fourth-order valence-corrected chi connectivity index (χ4v) is 5.74.